The Morgan fingerprint density at radius 1 is 1.35 bits per heavy atom. The van der Waals surface area contributed by atoms with Gasteiger partial charge in [-0.3, -0.25) is 10.1 Å². The summed E-state index contributed by atoms with van der Waals surface area (Å²) in [5.41, 5.74) is -2.41. The van der Waals surface area contributed by atoms with Crippen molar-refractivity contribution in [3.8, 4) is 0 Å². The first kappa shape index (κ1) is 16.2. The summed E-state index contributed by atoms with van der Waals surface area (Å²) in [6.07, 6.45) is -4.81. The highest BCUT2D eigenvalue weighted by Gasteiger charge is 2.35. The van der Waals surface area contributed by atoms with Crippen LogP contribution >= 0.6 is 0 Å². The van der Waals surface area contributed by atoms with Crippen molar-refractivity contribution in [3.63, 3.8) is 0 Å². The van der Waals surface area contributed by atoms with Crippen molar-refractivity contribution in [2.45, 2.75) is 6.18 Å². The van der Waals surface area contributed by atoms with Crippen molar-refractivity contribution in [1.29, 1.82) is 0 Å². The van der Waals surface area contributed by atoms with Crippen molar-refractivity contribution >= 4 is 21.4 Å². The molecule has 0 radical (unpaired) electrons. The first-order valence-electron chi connectivity index (χ1n) is 5.10. The van der Waals surface area contributed by atoms with E-state index in [1.807, 2.05) is 0 Å². The number of nitrogens with one attached hydrogen (secondary N) is 1. The fourth-order valence-electron chi connectivity index (χ4n) is 1.36. The number of halogens is 3. The minimum Gasteiger partial charge on any atom is -0.383 e. The molecule has 0 unspecified atom stereocenters. The van der Waals surface area contributed by atoms with E-state index in [9.17, 15) is 31.7 Å². The molecule has 11 heteroatoms. The summed E-state index contributed by atoms with van der Waals surface area (Å²) in [6.45, 7) is -0.347. The molecule has 0 saturated carbocycles. The van der Waals surface area contributed by atoms with E-state index in [1.165, 1.54) is 0 Å². The number of nitrogens with two attached hydrogens (primary N) is 1. The molecule has 0 fully saturated rings. The first-order chi connectivity index (χ1) is 9.00. The van der Waals surface area contributed by atoms with Gasteiger partial charge in [-0.1, -0.05) is 0 Å². The van der Waals surface area contributed by atoms with E-state index in [0.29, 0.717) is 6.07 Å². The molecule has 112 valence electrons. The van der Waals surface area contributed by atoms with Gasteiger partial charge in [-0.05, 0) is 6.07 Å². The summed E-state index contributed by atoms with van der Waals surface area (Å²) in [4.78, 5) is 9.50. The minimum atomic E-state index is -4.81. The summed E-state index contributed by atoms with van der Waals surface area (Å²) < 4.78 is 59.6. The maximum atomic E-state index is 12.7. The lowest BCUT2D eigenvalue weighted by Crippen LogP contribution is -2.23. The van der Waals surface area contributed by atoms with E-state index in [-0.39, 0.29) is 6.54 Å². The van der Waals surface area contributed by atoms with Gasteiger partial charge in [-0.25, -0.2) is 13.6 Å². The molecule has 1 aromatic rings. The number of benzene rings is 1. The van der Waals surface area contributed by atoms with E-state index in [1.54, 1.807) is 0 Å². The van der Waals surface area contributed by atoms with Crippen LogP contribution in [-0.2, 0) is 16.2 Å². The molecule has 3 N–H and O–H groups in total. The number of hydrogen-bond donors (Lipinski definition) is 2. The smallest absolute Gasteiger partial charge is 0.383 e. The van der Waals surface area contributed by atoms with Crippen molar-refractivity contribution in [1.82, 2.24) is 0 Å². The van der Waals surface area contributed by atoms with Crippen molar-refractivity contribution in [2.24, 2.45) is 5.14 Å². The summed E-state index contributed by atoms with van der Waals surface area (Å²) in [5.74, 6) is -0.568. The molecule has 0 heterocycles. The summed E-state index contributed by atoms with van der Waals surface area (Å²) in [6, 6.07) is 2.12. The number of alkyl halides is 3. The highest BCUT2D eigenvalue weighted by atomic mass is 32.2. The molecule has 1 rings (SSSR count). The number of nitrogens with zero attached hydrogens (tertiary/aromatic N) is 1. The molecule has 0 aliphatic rings. The number of primary sulfonamides is 1. The van der Waals surface area contributed by atoms with Crippen LogP contribution in [-0.4, -0.2) is 25.6 Å². The third kappa shape index (κ3) is 4.66. The Kier molecular flexibility index (Phi) is 4.55. The Hall–Kier alpha value is -1.88. The first-order valence-corrected chi connectivity index (χ1v) is 6.82. The lowest BCUT2D eigenvalue weighted by molar-refractivity contribution is -0.385. The largest absolute Gasteiger partial charge is 0.418 e. The van der Waals surface area contributed by atoms with E-state index >= 15 is 0 Å². The maximum absolute atomic E-state index is 12.7. The maximum Gasteiger partial charge on any atom is 0.418 e. The average molecular weight is 313 g/mol. The zero-order chi connectivity index (χ0) is 15.6. The van der Waals surface area contributed by atoms with E-state index in [4.69, 9.17) is 5.14 Å². The van der Waals surface area contributed by atoms with Gasteiger partial charge in [0.15, 0.2) is 0 Å². The van der Waals surface area contributed by atoms with Gasteiger partial charge in [0.2, 0.25) is 10.0 Å². The molecule has 0 aliphatic carbocycles. The number of nitro benzene ring substituents is 1. The molecular formula is C9H10F3N3O4S. The van der Waals surface area contributed by atoms with Gasteiger partial charge in [0.1, 0.15) is 0 Å². The predicted molar refractivity (Wildman–Crippen MR) is 64.6 cm³/mol. The summed E-state index contributed by atoms with van der Waals surface area (Å²) in [7, 11) is -3.82. The van der Waals surface area contributed by atoms with Gasteiger partial charge >= 0.3 is 6.18 Å². The van der Waals surface area contributed by atoms with Gasteiger partial charge < -0.3 is 5.32 Å². The molecule has 0 spiro atoms. The Morgan fingerprint density at radius 3 is 2.40 bits per heavy atom. The SMILES string of the molecule is NS(=O)(=O)CCNc1ccc([N+](=O)[O-])cc1C(F)(F)F. The van der Waals surface area contributed by atoms with Gasteiger partial charge in [0, 0.05) is 24.4 Å². The third-order valence-corrected chi connectivity index (χ3v) is 2.99. The van der Waals surface area contributed by atoms with Gasteiger partial charge in [0.25, 0.3) is 5.69 Å². The van der Waals surface area contributed by atoms with Crippen LogP contribution in [0.5, 0.6) is 0 Å². The summed E-state index contributed by atoms with van der Waals surface area (Å²) >= 11 is 0. The Labute approximate surface area is 111 Å². The fraction of sp³-hybridized carbons (Fsp3) is 0.333. The van der Waals surface area contributed by atoms with Crippen LogP contribution in [0.4, 0.5) is 24.5 Å². The van der Waals surface area contributed by atoms with Crippen LogP contribution in [0.2, 0.25) is 0 Å². The molecule has 0 bridgehead atoms. The minimum absolute atomic E-state index is 0.347. The molecular weight excluding hydrogens is 303 g/mol. The van der Waals surface area contributed by atoms with Crippen molar-refractivity contribution in [3.05, 3.63) is 33.9 Å². The third-order valence-electron chi connectivity index (χ3n) is 2.22. The summed E-state index contributed by atoms with van der Waals surface area (Å²) in [5, 5.41) is 17.4. The normalized spacial score (nSPS) is 12.2. The second-order valence-corrected chi connectivity index (χ2v) is 5.51. The highest BCUT2D eigenvalue weighted by molar-refractivity contribution is 7.89. The van der Waals surface area contributed by atoms with Gasteiger partial charge in [0.05, 0.1) is 16.2 Å². The Bertz CT molecular complexity index is 615. The van der Waals surface area contributed by atoms with Crippen LogP contribution in [0.15, 0.2) is 18.2 Å². The van der Waals surface area contributed by atoms with E-state index in [0.717, 1.165) is 12.1 Å². The van der Waals surface area contributed by atoms with Crippen LogP contribution < -0.4 is 10.5 Å². The number of rotatable bonds is 5. The number of non-ortho nitro benzene ring substituents is 1. The molecule has 0 saturated heterocycles. The predicted octanol–water partition coefficient (Wildman–Crippen LogP) is 1.31. The molecule has 7 nitrogen and oxygen atoms in total. The Balaban J connectivity index is 3.04. The molecule has 20 heavy (non-hydrogen) atoms. The number of anilines is 1. The van der Waals surface area contributed by atoms with Crippen LogP contribution in [0.3, 0.4) is 0 Å². The van der Waals surface area contributed by atoms with Crippen LogP contribution in [0, 0.1) is 10.1 Å². The lowest BCUT2D eigenvalue weighted by atomic mass is 10.1. The molecule has 0 amide bonds. The second kappa shape index (κ2) is 5.63. The van der Waals surface area contributed by atoms with Crippen molar-refractivity contribution in [2.75, 3.05) is 17.6 Å². The van der Waals surface area contributed by atoms with E-state index in [2.05, 4.69) is 5.32 Å². The van der Waals surface area contributed by atoms with Crippen LogP contribution in [0.25, 0.3) is 0 Å². The molecule has 1 aromatic carbocycles. The number of sulfonamides is 1. The number of nitro groups is 1. The average Bonchev–Trinajstić information content (AvgIpc) is 2.25. The highest BCUT2D eigenvalue weighted by Crippen LogP contribution is 2.36. The number of hydrogen-bond acceptors (Lipinski definition) is 5. The quantitative estimate of drug-likeness (QED) is 0.628. The second-order valence-electron chi connectivity index (χ2n) is 3.78. The molecule has 0 aromatic heterocycles. The Morgan fingerprint density at radius 2 is 1.95 bits per heavy atom. The topological polar surface area (TPSA) is 115 Å². The van der Waals surface area contributed by atoms with Gasteiger partial charge in [-0.2, -0.15) is 13.2 Å². The van der Waals surface area contributed by atoms with Crippen molar-refractivity contribution < 1.29 is 26.5 Å². The lowest BCUT2D eigenvalue weighted by Gasteiger charge is -2.14. The molecule has 0 aliphatic heterocycles. The van der Waals surface area contributed by atoms with Gasteiger partial charge in [-0.15, -0.1) is 0 Å². The molecule has 0 atom stereocenters. The monoisotopic (exact) mass is 313 g/mol. The zero-order valence-electron chi connectivity index (χ0n) is 9.85. The standard InChI is InChI=1S/C9H10F3N3O4S/c10-9(11,12)7-5-6(15(16)17)1-2-8(7)14-3-4-20(13,18)19/h1-2,5,14H,3-4H2,(H2,13,18,19). The van der Waals surface area contributed by atoms with Crippen LogP contribution in [0.1, 0.15) is 5.56 Å². The zero-order valence-corrected chi connectivity index (χ0v) is 10.7. The fourth-order valence-corrected chi connectivity index (χ4v) is 1.75. The van der Waals surface area contributed by atoms with E-state index < -0.39 is 43.8 Å².